The van der Waals surface area contributed by atoms with Crippen LogP contribution in [0.25, 0.3) is 17.0 Å². The fraction of sp³-hybridized carbons (Fsp3) is 0.0952. The van der Waals surface area contributed by atoms with Gasteiger partial charge >= 0.3 is 18.3 Å². The Kier molecular flexibility index (Phi) is 7.89. The molecule has 1 aliphatic rings. The number of alkyl halides is 6. The van der Waals surface area contributed by atoms with Crippen LogP contribution in [0.15, 0.2) is 58.6 Å². The third-order valence-electron chi connectivity index (χ3n) is 4.16. The minimum atomic E-state index is -5.08. The molecule has 0 unspecified atom stereocenters. The Balaban J connectivity index is 0.000000454. The van der Waals surface area contributed by atoms with Crippen molar-refractivity contribution in [1.29, 1.82) is 0 Å². The maximum atomic E-state index is 12.7. The fourth-order valence-corrected chi connectivity index (χ4v) is 3.62. The zero-order chi connectivity index (χ0) is 26.7. The van der Waals surface area contributed by atoms with Crippen molar-refractivity contribution in [3.8, 4) is 0 Å². The molecule has 0 aliphatic carbocycles. The molecule has 1 fully saturated rings. The van der Waals surface area contributed by atoms with Crippen molar-refractivity contribution in [1.82, 2.24) is 15.3 Å². The number of halogens is 7. The van der Waals surface area contributed by atoms with E-state index in [1.54, 1.807) is 12.3 Å². The molecule has 2 N–H and O–H groups in total. The monoisotopic (exact) mass is 548 g/mol. The van der Waals surface area contributed by atoms with E-state index >= 15 is 0 Å². The SMILES string of the molecule is O=C(O)C(F)(F)F.O=C1NC(=Nc2ccc(C(F)(F)F)nc2Cl)S/C1=C\c1ccc2ncccc2c1. The lowest BCUT2D eigenvalue weighted by Crippen LogP contribution is -2.21. The lowest BCUT2D eigenvalue weighted by Gasteiger charge is -2.06. The average Bonchev–Trinajstić information content (AvgIpc) is 3.12. The normalized spacial score (nSPS) is 16.1. The van der Waals surface area contributed by atoms with Crippen molar-refractivity contribution < 1.29 is 41.0 Å². The van der Waals surface area contributed by atoms with Gasteiger partial charge in [0, 0.05) is 11.6 Å². The largest absolute Gasteiger partial charge is 0.490 e. The second-order valence-corrected chi connectivity index (χ2v) is 8.13. The van der Waals surface area contributed by atoms with E-state index in [4.69, 9.17) is 21.5 Å². The number of nitrogens with one attached hydrogen (secondary N) is 1. The predicted molar refractivity (Wildman–Crippen MR) is 120 cm³/mol. The fourth-order valence-electron chi connectivity index (χ4n) is 2.59. The Morgan fingerprint density at radius 3 is 2.42 bits per heavy atom. The first kappa shape index (κ1) is 26.9. The van der Waals surface area contributed by atoms with Gasteiger partial charge in [0.1, 0.15) is 11.4 Å². The number of hydrogen-bond acceptors (Lipinski definition) is 6. The van der Waals surface area contributed by atoms with Gasteiger partial charge in [0.2, 0.25) is 0 Å². The summed E-state index contributed by atoms with van der Waals surface area (Å²) in [5, 5.41) is 10.4. The summed E-state index contributed by atoms with van der Waals surface area (Å²) >= 11 is 6.87. The van der Waals surface area contributed by atoms with Crippen LogP contribution in [0, 0.1) is 0 Å². The van der Waals surface area contributed by atoms with E-state index in [2.05, 4.69) is 20.3 Å². The third-order valence-corrected chi connectivity index (χ3v) is 5.35. The summed E-state index contributed by atoms with van der Waals surface area (Å²) in [6, 6.07) is 11.2. The number of aliphatic imine (C=N–C) groups is 1. The zero-order valence-electron chi connectivity index (χ0n) is 17.4. The first-order chi connectivity index (χ1) is 16.7. The van der Waals surface area contributed by atoms with E-state index in [1.165, 1.54) is 0 Å². The predicted octanol–water partition coefficient (Wildman–Crippen LogP) is 5.83. The molecule has 0 radical (unpaired) electrons. The molecule has 0 atom stereocenters. The number of nitrogens with zero attached hydrogens (tertiary/aromatic N) is 3. The molecule has 4 rings (SSSR count). The highest BCUT2D eigenvalue weighted by Gasteiger charge is 2.38. The number of carbonyl (C=O) groups is 2. The first-order valence-electron chi connectivity index (χ1n) is 9.42. The van der Waals surface area contributed by atoms with Gasteiger partial charge < -0.3 is 10.4 Å². The smallest absolute Gasteiger partial charge is 0.475 e. The summed E-state index contributed by atoms with van der Waals surface area (Å²) in [5.74, 6) is -3.12. The molecule has 1 amide bonds. The Morgan fingerprint density at radius 2 is 1.81 bits per heavy atom. The molecule has 15 heteroatoms. The van der Waals surface area contributed by atoms with Crippen molar-refractivity contribution >= 4 is 63.1 Å². The van der Waals surface area contributed by atoms with Gasteiger partial charge in [0.05, 0.1) is 10.4 Å². The van der Waals surface area contributed by atoms with E-state index in [9.17, 15) is 31.1 Å². The van der Waals surface area contributed by atoms with E-state index < -0.39 is 29.2 Å². The minimum absolute atomic E-state index is 0.0282. The van der Waals surface area contributed by atoms with Gasteiger partial charge in [-0.2, -0.15) is 26.3 Å². The van der Waals surface area contributed by atoms with Gasteiger partial charge in [-0.15, -0.1) is 0 Å². The number of fused-ring (bicyclic) bond motifs is 1. The van der Waals surface area contributed by atoms with Crippen molar-refractivity contribution in [3.05, 3.63) is 70.0 Å². The van der Waals surface area contributed by atoms with Crippen LogP contribution < -0.4 is 5.32 Å². The molecule has 188 valence electrons. The summed E-state index contributed by atoms with van der Waals surface area (Å²) < 4.78 is 69.8. The number of amides is 1. The highest BCUT2D eigenvalue weighted by molar-refractivity contribution is 8.18. The Labute approximate surface area is 206 Å². The first-order valence-corrected chi connectivity index (χ1v) is 10.6. The van der Waals surface area contributed by atoms with Crippen LogP contribution >= 0.6 is 23.4 Å². The summed E-state index contributed by atoms with van der Waals surface area (Å²) in [6.45, 7) is 0. The van der Waals surface area contributed by atoms with E-state index in [0.717, 1.165) is 40.4 Å². The molecule has 7 nitrogen and oxygen atoms in total. The van der Waals surface area contributed by atoms with Crippen LogP contribution in [0.5, 0.6) is 0 Å². The number of carboxylic acids is 1. The zero-order valence-corrected chi connectivity index (χ0v) is 18.9. The van der Waals surface area contributed by atoms with Crippen LogP contribution in [0.1, 0.15) is 11.3 Å². The van der Waals surface area contributed by atoms with Gasteiger partial charge in [0.25, 0.3) is 5.91 Å². The highest BCUT2D eigenvalue weighted by atomic mass is 35.5. The number of hydrogen-bond donors (Lipinski definition) is 2. The molecule has 3 heterocycles. The molecule has 1 aliphatic heterocycles. The summed E-state index contributed by atoms with van der Waals surface area (Å²) in [5.41, 5.74) is 0.560. The number of benzene rings is 1. The maximum Gasteiger partial charge on any atom is 0.490 e. The number of aromatic nitrogens is 2. The van der Waals surface area contributed by atoms with E-state index in [0.29, 0.717) is 4.91 Å². The van der Waals surface area contributed by atoms with Gasteiger partial charge in [-0.25, -0.2) is 14.8 Å². The number of thioether (sulfide) groups is 1. The number of carboxylic acid groups (broad SMARTS) is 1. The average molecular weight is 549 g/mol. The van der Waals surface area contributed by atoms with Crippen molar-refractivity contribution in [3.63, 3.8) is 0 Å². The Morgan fingerprint density at radius 1 is 1.11 bits per heavy atom. The minimum Gasteiger partial charge on any atom is -0.475 e. The number of amidine groups is 1. The van der Waals surface area contributed by atoms with Gasteiger partial charge in [0.15, 0.2) is 10.3 Å². The second kappa shape index (κ2) is 10.5. The molecule has 1 saturated heterocycles. The highest BCUT2D eigenvalue weighted by Crippen LogP contribution is 2.34. The lowest BCUT2D eigenvalue weighted by molar-refractivity contribution is -0.192. The van der Waals surface area contributed by atoms with Gasteiger partial charge in [-0.3, -0.25) is 9.78 Å². The summed E-state index contributed by atoms with van der Waals surface area (Å²) in [4.78, 5) is 33.2. The van der Waals surface area contributed by atoms with Crippen LogP contribution in [-0.4, -0.2) is 38.3 Å². The summed E-state index contributed by atoms with van der Waals surface area (Å²) in [7, 11) is 0. The molecule has 0 saturated carbocycles. The molecule has 2 aromatic heterocycles. The van der Waals surface area contributed by atoms with Crippen molar-refractivity contribution in [2.75, 3.05) is 0 Å². The number of aliphatic carboxylic acids is 1. The molecular formula is C21H11ClF6N4O3S. The van der Waals surface area contributed by atoms with Crippen LogP contribution in [0.4, 0.5) is 32.0 Å². The molecule has 1 aromatic carbocycles. The lowest BCUT2D eigenvalue weighted by atomic mass is 10.1. The van der Waals surface area contributed by atoms with E-state index in [-0.39, 0.29) is 16.8 Å². The quantitative estimate of drug-likeness (QED) is 0.237. The number of rotatable bonds is 2. The molecule has 0 spiro atoms. The molecule has 0 bridgehead atoms. The Hall–Kier alpha value is -3.65. The van der Waals surface area contributed by atoms with Crippen LogP contribution in [0.3, 0.4) is 0 Å². The number of pyridine rings is 2. The van der Waals surface area contributed by atoms with Crippen LogP contribution in [-0.2, 0) is 15.8 Å². The topological polar surface area (TPSA) is 105 Å². The van der Waals surface area contributed by atoms with Gasteiger partial charge in [-0.05, 0) is 53.7 Å². The standard InChI is InChI=1S/C19H10ClF3N4OS.C2HF3O2/c20-16-13(5-6-15(26-16)19(21,22)23)25-18-27-17(28)14(29-18)9-10-3-4-12-11(8-10)2-1-7-24-12;3-2(4,5)1(6)7/h1-9H,(H,25,27,28);(H,6,7)/b14-9-;. The van der Waals surface area contributed by atoms with Crippen molar-refractivity contribution in [2.24, 2.45) is 4.99 Å². The summed E-state index contributed by atoms with van der Waals surface area (Å²) in [6.07, 6.45) is -6.29. The Bertz CT molecular complexity index is 1390. The molecule has 3 aromatic rings. The maximum absolute atomic E-state index is 12.7. The third kappa shape index (κ3) is 6.95. The second-order valence-electron chi connectivity index (χ2n) is 6.74. The molecular weight excluding hydrogens is 538 g/mol. The van der Waals surface area contributed by atoms with Crippen molar-refractivity contribution in [2.45, 2.75) is 12.4 Å². The molecule has 36 heavy (non-hydrogen) atoms. The van der Waals surface area contributed by atoms with Gasteiger partial charge in [-0.1, -0.05) is 23.7 Å². The van der Waals surface area contributed by atoms with Crippen LogP contribution in [0.2, 0.25) is 5.15 Å². The number of carbonyl (C=O) groups excluding carboxylic acids is 1. The van der Waals surface area contributed by atoms with E-state index in [1.807, 2.05) is 30.3 Å².